The van der Waals surface area contributed by atoms with Gasteiger partial charge in [0.05, 0.1) is 13.2 Å². The first-order valence-electron chi connectivity index (χ1n) is 8.67. The lowest BCUT2D eigenvalue weighted by molar-refractivity contribution is -0.144. The number of amides is 2. The van der Waals surface area contributed by atoms with Gasteiger partial charge in [-0.3, -0.25) is 15.0 Å². The zero-order chi connectivity index (χ0) is 20.4. The van der Waals surface area contributed by atoms with Crippen LogP contribution in [0.15, 0.2) is 60.7 Å². The molecule has 2 amide bonds. The fraction of sp³-hybridized carbons (Fsp3) is 0.250. The van der Waals surface area contributed by atoms with Crippen LogP contribution < -0.4 is 16.2 Å². The minimum atomic E-state index is -1.01. The van der Waals surface area contributed by atoms with Crippen molar-refractivity contribution in [2.45, 2.75) is 25.6 Å². The first-order valence-corrected chi connectivity index (χ1v) is 8.67. The Labute approximate surface area is 163 Å². The lowest BCUT2D eigenvalue weighted by Gasteiger charge is -2.24. The van der Waals surface area contributed by atoms with Crippen LogP contribution in [0.3, 0.4) is 0 Å². The van der Waals surface area contributed by atoms with Gasteiger partial charge < -0.3 is 14.8 Å². The fourth-order valence-electron chi connectivity index (χ4n) is 2.35. The molecule has 8 nitrogen and oxygen atoms in total. The minimum absolute atomic E-state index is 0.0977. The molecule has 28 heavy (non-hydrogen) atoms. The number of esters is 1. The van der Waals surface area contributed by atoms with E-state index < -0.39 is 30.1 Å². The van der Waals surface area contributed by atoms with E-state index in [9.17, 15) is 14.4 Å². The number of hydrazine groups is 1. The molecule has 0 unspecified atom stereocenters. The average molecular weight is 385 g/mol. The largest absolute Gasteiger partial charge is 0.468 e. The predicted molar refractivity (Wildman–Crippen MR) is 102 cm³/mol. The number of carbonyl (C=O) groups is 3. The average Bonchev–Trinajstić information content (AvgIpc) is 2.73. The van der Waals surface area contributed by atoms with E-state index in [2.05, 4.69) is 16.2 Å². The highest BCUT2D eigenvalue weighted by Gasteiger charge is 2.28. The van der Waals surface area contributed by atoms with E-state index in [-0.39, 0.29) is 6.61 Å². The number of benzene rings is 2. The Kier molecular flexibility index (Phi) is 7.98. The van der Waals surface area contributed by atoms with Gasteiger partial charge in [-0.2, -0.15) is 0 Å². The highest BCUT2D eigenvalue weighted by atomic mass is 16.5. The number of ether oxygens (including phenoxy) is 2. The summed E-state index contributed by atoms with van der Waals surface area (Å²) < 4.78 is 9.88. The van der Waals surface area contributed by atoms with Crippen molar-refractivity contribution in [2.24, 2.45) is 0 Å². The fourth-order valence-corrected chi connectivity index (χ4v) is 2.35. The summed E-state index contributed by atoms with van der Waals surface area (Å²) in [5, 5.41) is 2.55. The summed E-state index contributed by atoms with van der Waals surface area (Å²) in [6.07, 6.45) is -0.693. The SMILES string of the molecule is COC(=O)[C@@H](NNC(=O)c1ccccc1)[C@@H](C)NC(=O)OCc1ccccc1. The van der Waals surface area contributed by atoms with Crippen molar-refractivity contribution in [3.8, 4) is 0 Å². The number of nitrogens with one attached hydrogen (secondary N) is 3. The molecule has 8 heteroatoms. The Morgan fingerprint density at radius 1 is 0.964 bits per heavy atom. The Morgan fingerprint density at radius 3 is 2.18 bits per heavy atom. The van der Waals surface area contributed by atoms with Crippen LogP contribution in [-0.4, -0.2) is 37.2 Å². The summed E-state index contributed by atoms with van der Waals surface area (Å²) >= 11 is 0. The van der Waals surface area contributed by atoms with Crippen LogP contribution in [0, 0.1) is 0 Å². The highest BCUT2D eigenvalue weighted by molar-refractivity contribution is 5.94. The summed E-state index contributed by atoms with van der Waals surface area (Å²) in [6, 6.07) is 16.0. The third-order valence-electron chi connectivity index (χ3n) is 3.89. The maximum Gasteiger partial charge on any atom is 0.407 e. The lowest BCUT2D eigenvalue weighted by Crippen LogP contribution is -2.58. The van der Waals surface area contributed by atoms with E-state index >= 15 is 0 Å². The molecule has 0 aromatic heterocycles. The van der Waals surface area contributed by atoms with E-state index in [1.165, 1.54) is 7.11 Å². The van der Waals surface area contributed by atoms with Gasteiger partial charge in [-0.1, -0.05) is 48.5 Å². The van der Waals surface area contributed by atoms with Gasteiger partial charge in [0.15, 0.2) is 0 Å². The second-order valence-corrected chi connectivity index (χ2v) is 5.96. The molecule has 0 fully saturated rings. The molecule has 148 valence electrons. The molecule has 0 bridgehead atoms. The standard InChI is InChI=1S/C20H23N3O5/c1-14(21-20(26)28-13-15-9-5-3-6-10-15)17(19(25)27-2)22-23-18(24)16-11-7-4-8-12-16/h3-12,14,17,22H,13H2,1-2H3,(H,21,26)(H,23,24)/t14-,17+/m1/s1. The Bertz CT molecular complexity index is 783. The van der Waals surface area contributed by atoms with Crippen molar-refractivity contribution >= 4 is 18.0 Å². The van der Waals surface area contributed by atoms with Gasteiger partial charge in [0.25, 0.3) is 5.91 Å². The van der Waals surface area contributed by atoms with E-state index in [0.29, 0.717) is 5.56 Å². The first-order chi connectivity index (χ1) is 13.5. The van der Waals surface area contributed by atoms with Crippen LogP contribution in [0.4, 0.5) is 4.79 Å². The van der Waals surface area contributed by atoms with Crippen molar-refractivity contribution in [2.75, 3.05) is 7.11 Å². The van der Waals surface area contributed by atoms with E-state index in [4.69, 9.17) is 9.47 Å². The Balaban J connectivity index is 1.89. The molecule has 2 rings (SSSR count). The van der Waals surface area contributed by atoms with Crippen LogP contribution in [0.2, 0.25) is 0 Å². The molecule has 0 saturated heterocycles. The van der Waals surface area contributed by atoms with Gasteiger partial charge in [-0.25, -0.2) is 10.2 Å². The maximum absolute atomic E-state index is 12.1. The second-order valence-electron chi connectivity index (χ2n) is 5.96. The number of hydrogen-bond acceptors (Lipinski definition) is 6. The molecule has 0 radical (unpaired) electrons. The number of carbonyl (C=O) groups excluding carboxylic acids is 3. The zero-order valence-electron chi connectivity index (χ0n) is 15.7. The van der Waals surface area contributed by atoms with Gasteiger partial charge in [-0.15, -0.1) is 0 Å². The molecule has 2 aromatic rings. The van der Waals surface area contributed by atoms with Crippen LogP contribution >= 0.6 is 0 Å². The molecule has 3 N–H and O–H groups in total. The summed E-state index contributed by atoms with van der Waals surface area (Å²) in [6.45, 7) is 1.69. The van der Waals surface area contributed by atoms with Crippen LogP contribution in [0.1, 0.15) is 22.8 Å². The van der Waals surface area contributed by atoms with Gasteiger partial charge in [0, 0.05) is 5.56 Å². The van der Waals surface area contributed by atoms with Crippen molar-refractivity contribution in [1.82, 2.24) is 16.2 Å². The van der Waals surface area contributed by atoms with Crippen molar-refractivity contribution in [3.63, 3.8) is 0 Å². The van der Waals surface area contributed by atoms with Crippen molar-refractivity contribution < 1.29 is 23.9 Å². The van der Waals surface area contributed by atoms with E-state index in [1.54, 1.807) is 37.3 Å². The molecule has 0 aliphatic heterocycles. The van der Waals surface area contributed by atoms with Gasteiger partial charge in [0.1, 0.15) is 12.6 Å². The molecule has 0 aliphatic carbocycles. The summed E-state index contributed by atoms with van der Waals surface area (Å²) in [4.78, 5) is 36.2. The van der Waals surface area contributed by atoms with Gasteiger partial charge >= 0.3 is 12.1 Å². The number of hydrogen-bond donors (Lipinski definition) is 3. The van der Waals surface area contributed by atoms with Crippen molar-refractivity contribution in [3.05, 3.63) is 71.8 Å². The molecule has 2 aromatic carbocycles. The van der Waals surface area contributed by atoms with Gasteiger partial charge in [-0.05, 0) is 24.6 Å². The number of rotatable bonds is 8. The highest BCUT2D eigenvalue weighted by Crippen LogP contribution is 2.03. The summed E-state index contributed by atoms with van der Waals surface area (Å²) in [7, 11) is 1.22. The van der Waals surface area contributed by atoms with Crippen LogP contribution in [-0.2, 0) is 20.9 Å². The Hall–Kier alpha value is -3.39. The summed E-state index contributed by atoms with van der Waals surface area (Å²) in [5.74, 6) is -1.07. The van der Waals surface area contributed by atoms with E-state index in [1.807, 2.05) is 30.3 Å². The topological polar surface area (TPSA) is 106 Å². The smallest absolute Gasteiger partial charge is 0.407 e. The molecule has 0 aliphatic rings. The molecular weight excluding hydrogens is 362 g/mol. The quantitative estimate of drug-likeness (QED) is 0.472. The van der Waals surface area contributed by atoms with Crippen molar-refractivity contribution in [1.29, 1.82) is 0 Å². The molecule has 2 atom stereocenters. The molecular formula is C20H23N3O5. The maximum atomic E-state index is 12.1. The predicted octanol–water partition coefficient (Wildman–Crippen LogP) is 1.78. The third-order valence-corrected chi connectivity index (χ3v) is 3.89. The summed E-state index contributed by atoms with van der Waals surface area (Å²) in [5.41, 5.74) is 6.30. The first kappa shape index (κ1) is 20.9. The van der Waals surface area contributed by atoms with E-state index in [0.717, 1.165) is 5.56 Å². The lowest BCUT2D eigenvalue weighted by atomic mass is 10.1. The minimum Gasteiger partial charge on any atom is -0.468 e. The van der Waals surface area contributed by atoms with Crippen LogP contribution in [0.25, 0.3) is 0 Å². The molecule has 0 spiro atoms. The zero-order valence-corrected chi connectivity index (χ0v) is 15.7. The Morgan fingerprint density at radius 2 is 1.57 bits per heavy atom. The second kappa shape index (κ2) is 10.7. The van der Waals surface area contributed by atoms with Gasteiger partial charge in [0.2, 0.25) is 0 Å². The number of alkyl carbamates (subject to hydrolysis) is 1. The van der Waals surface area contributed by atoms with Crippen LogP contribution in [0.5, 0.6) is 0 Å². The molecule has 0 heterocycles. The normalized spacial score (nSPS) is 12.4. The number of methoxy groups -OCH3 is 1. The molecule has 0 saturated carbocycles. The monoisotopic (exact) mass is 385 g/mol. The third kappa shape index (κ3) is 6.40.